The van der Waals surface area contributed by atoms with E-state index in [1.807, 2.05) is 0 Å². The molecule has 0 aromatic heterocycles. The molecule has 0 amide bonds. The molecule has 26 heavy (non-hydrogen) atoms. The van der Waals surface area contributed by atoms with Gasteiger partial charge in [0.25, 0.3) is 0 Å². The second-order valence-corrected chi connectivity index (χ2v) is 7.82. The molecule has 2 aromatic carbocycles. The molecule has 2 aliphatic heterocycles. The van der Waals surface area contributed by atoms with E-state index in [0.29, 0.717) is 12.0 Å². The van der Waals surface area contributed by atoms with E-state index in [1.54, 1.807) is 0 Å². The molecule has 3 heteroatoms. The number of ether oxygens (including phenoxy) is 2. The number of rotatable bonds is 2. The Kier molecular flexibility index (Phi) is 4.53. The van der Waals surface area contributed by atoms with Gasteiger partial charge in [-0.15, -0.1) is 0 Å². The van der Waals surface area contributed by atoms with Crippen LogP contribution in [-0.2, 0) is 22.3 Å². The summed E-state index contributed by atoms with van der Waals surface area (Å²) in [5.41, 5.74) is 6.06. The van der Waals surface area contributed by atoms with Crippen LogP contribution in [0, 0.1) is 0 Å². The maximum Gasteiger partial charge on any atom is 0.0964 e. The molecule has 2 fully saturated rings. The lowest BCUT2D eigenvalue weighted by molar-refractivity contribution is -0.165. The maximum absolute atomic E-state index is 6.00. The highest BCUT2D eigenvalue weighted by molar-refractivity contribution is 5.45. The first-order valence-corrected chi connectivity index (χ1v) is 9.99. The van der Waals surface area contributed by atoms with Crippen molar-refractivity contribution >= 4 is 0 Å². The molecule has 0 saturated carbocycles. The molecule has 1 aliphatic carbocycles. The van der Waals surface area contributed by atoms with Crippen molar-refractivity contribution in [2.75, 3.05) is 32.8 Å². The highest BCUT2D eigenvalue weighted by atomic mass is 16.6. The number of fused-ring (bicyclic) bond motifs is 3. The number of likely N-dealkylation sites (tertiary alicyclic amines) is 1. The van der Waals surface area contributed by atoms with E-state index in [9.17, 15) is 0 Å². The Balaban J connectivity index is 1.44. The largest absolute Gasteiger partial charge is 0.373 e. The summed E-state index contributed by atoms with van der Waals surface area (Å²) in [5.74, 6) is 0.450. The number of benzene rings is 2. The van der Waals surface area contributed by atoms with Crippen molar-refractivity contribution in [1.29, 1.82) is 0 Å². The molecule has 0 spiro atoms. The van der Waals surface area contributed by atoms with Crippen LogP contribution in [0.3, 0.4) is 0 Å². The van der Waals surface area contributed by atoms with Gasteiger partial charge in [0.1, 0.15) is 0 Å². The average Bonchev–Trinajstić information content (AvgIpc) is 2.86. The van der Waals surface area contributed by atoms with E-state index in [0.717, 1.165) is 52.1 Å². The van der Waals surface area contributed by atoms with Crippen molar-refractivity contribution in [1.82, 2.24) is 4.90 Å². The van der Waals surface area contributed by atoms with Gasteiger partial charge in [0.15, 0.2) is 0 Å². The molecule has 0 bridgehead atoms. The van der Waals surface area contributed by atoms with Crippen LogP contribution in [0.4, 0.5) is 0 Å². The predicted molar refractivity (Wildman–Crippen MR) is 103 cm³/mol. The second-order valence-electron chi connectivity index (χ2n) is 7.82. The Morgan fingerprint density at radius 2 is 1.42 bits per heavy atom. The molecule has 2 unspecified atom stereocenters. The third-order valence-electron chi connectivity index (χ3n) is 6.30. The van der Waals surface area contributed by atoms with Crippen molar-refractivity contribution in [2.45, 2.75) is 37.4 Å². The Labute approximate surface area is 155 Å². The van der Waals surface area contributed by atoms with Gasteiger partial charge in [0.2, 0.25) is 0 Å². The van der Waals surface area contributed by atoms with Crippen LogP contribution in [0.5, 0.6) is 0 Å². The van der Waals surface area contributed by atoms with Crippen LogP contribution in [0.25, 0.3) is 0 Å². The van der Waals surface area contributed by atoms with Gasteiger partial charge in [0, 0.05) is 25.6 Å². The molecule has 0 N–H and O–H groups in total. The second kappa shape index (κ2) is 7.15. The first-order valence-electron chi connectivity index (χ1n) is 9.99. The highest BCUT2D eigenvalue weighted by Gasteiger charge is 2.35. The summed E-state index contributed by atoms with van der Waals surface area (Å²) in [7, 11) is 0. The first kappa shape index (κ1) is 16.5. The van der Waals surface area contributed by atoms with Crippen molar-refractivity contribution < 1.29 is 9.47 Å². The third kappa shape index (κ3) is 3.09. The summed E-state index contributed by atoms with van der Waals surface area (Å²) in [6, 6.07) is 18.1. The third-order valence-corrected chi connectivity index (χ3v) is 6.30. The topological polar surface area (TPSA) is 21.7 Å². The fourth-order valence-electron chi connectivity index (χ4n) is 4.97. The van der Waals surface area contributed by atoms with Crippen LogP contribution in [-0.4, -0.2) is 50.0 Å². The van der Waals surface area contributed by atoms with Crippen molar-refractivity contribution in [3.8, 4) is 0 Å². The summed E-state index contributed by atoms with van der Waals surface area (Å²) in [6.07, 6.45) is 3.92. The lowest BCUT2D eigenvalue weighted by Gasteiger charge is -2.42. The van der Waals surface area contributed by atoms with Gasteiger partial charge >= 0.3 is 0 Å². The summed E-state index contributed by atoms with van der Waals surface area (Å²) < 4.78 is 11.9. The fraction of sp³-hybridized carbons (Fsp3) is 0.478. The van der Waals surface area contributed by atoms with Crippen LogP contribution >= 0.6 is 0 Å². The maximum atomic E-state index is 6.00. The van der Waals surface area contributed by atoms with Gasteiger partial charge in [-0.3, -0.25) is 4.90 Å². The summed E-state index contributed by atoms with van der Waals surface area (Å²) in [6.45, 7) is 4.66. The summed E-state index contributed by atoms with van der Waals surface area (Å²) >= 11 is 0. The highest BCUT2D eigenvalue weighted by Crippen LogP contribution is 2.35. The smallest absolute Gasteiger partial charge is 0.0964 e. The van der Waals surface area contributed by atoms with Crippen LogP contribution in [0.2, 0.25) is 0 Å². The number of piperidine rings is 1. The molecule has 2 aromatic rings. The van der Waals surface area contributed by atoms with Crippen molar-refractivity contribution in [3.05, 3.63) is 70.8 Å². The molecule has 2 saturated heterocycles. The van der Waals surface area contributed by atoms with E-state index in [-0.39, 0.29) is 6.10 Å². The minimum Gasteiger partial charge on any atom is -0.373 e. The van der Waals surface area contributed by atoms with E-state index in [2.05, 4.69) is 53.4 Å². The Hall–Kier alpha value is -1.68. The lowest BCUT2D eigenvalue weighted by atomic mass is 9.87. The van der Waals surface area contributed by atoms with E-state index in [4.69, 9.17) is 9.47 Å². The van der Waals surface area contributed by atoms with Gasteiger partial charge in [-0.2, -0.15) is 0 Å². The van der Waals surface area contributed by atoms with Gasteiger partial charge < -0.3 is 9.47 Å². The van der Waals surface area contributed by atoms with Gasteiger partial charge in [-0.1, -0.05) is 48.5 Å². The number of hydrogen-bond donors (Lipinski definition) is 0. The Bertz CT molecular complexity index is 727. The summed E-state index contributed by atoms with van der Waals surface area (Å²) in [4.78, 5) is 2.60. The molecule has 3 aliphatic rings. The van der Waals surface area contributed by atoms with Crippen LogP contribution in [0.15, 0.2) is 48.5 Å². The zero-order valence-corrected chi connectivity index (χ0v) is 15.3. The monoisotopic (exact) mass is 349 g/mol. The minimum atomic E-state index is 0.244. The predicted octanol–water partition coefficient (Wildman–Crippen LogP) is 3.41. The van der Waals surface area contributed by atoms with E-state index < -0.39 is 0 Å². The van der Waals surface area contributed by atoms with Gasteiger partial charge in [-0.05, 0) is 41.5 Å². The standard InChI is InChI=1S/C23H27NO2/c1-3-7-19-17(5-1)9-10-18-6-2-4-8-20(18)21(19)15-24-12-11-22-23(16-24)26-14-13-25-22/h1-8,21-23H,9-16H2. The van der Waals surface area contributed by atoms with E-state index in [1.165, 1.54) is 22.3 Å². The molecule has 0 radical (unpaired) electrons. The molecule has 5 rings (SSSR count). The molecule has 2 heterocycles. The molecule has 3 nitrogen and oxygen atoms in total. The van der Waals surface area contributed by atoms with E-state index >= 15 is 0 Å². The van der Waals surface area contributed by atoms with Crippen LogP contribution < -0.4 is 0 Å². The molecule has 2 atom stereocenters. The minimum absolute atomic E-state index is 0.244. The SMILES string of the molecule is c1ccc2c(c1)CCc1ccccc1C2CN1CCC2OCCOC2C1. The summed E-state index contributed by atoms with van der Waals surface area (Å²) in [5, 5.41) is 0. The zero-order valence-electron chi connectivity index (χ0n) is 15.3. The van der Waals surface area contributed by atoms with Gasteiger partial charge in [-0.25, -0.2) is 0 Å². The number of aryl methyl sites for hydroxylation is 2. The zero-order chi connectivity index (χ0) is 17.3. The normalized spacial score (nSPS) is 26.5. The first-order chi connectivity index (χ1) is 12.9. The van der Waals surface area contributed by atoms with Crippen molar-refractivity contribution in [3.63, 3.8) is 0 Å². The average molecular weight is 349 g/mol. The molecular weight excluding hydrogens is 322 g/mol. The Morgan fingerprint density at radius 3 is 2.12 bits per heavy atom. The number of nitrogens with zero attached hydrogens (tertiary/aromatic N) is 1. The van der Waals surface area contributed by atoms with Crippen LogP contribution in [0.1, 0.15) is 34.6 Å². The van der Waals surface area contributed by atoms with Gasteiger partial charge in [0.05, 0.1) is 25.4 Å². The molecule has 136 valence electrons. The molecular formula is C23H27NO2. The Morgan fingerprint density at radius 1 is 0.808 bits per heavy atom. The number of hydrogen-bond acceptors (Lipinski definition) is 3. The fourth-order valence-corrected chi connectivity index (χ4v) is 4.97. The quantitative estimate of drug-likeness (QED) is 0.829. The van der Waals surface area contributed by atoms with Crippen molar-refractivity contribution in [2.24, 2.45) is 0 Å². The lowest BCUT2D eigenvalue weighted by Crippen LogP contribution is -2.52.